The number of aliphatic imine (C=N–C) groups is 1. The number of anilines is 1. The van der Waals surface area contributed by atoms with Crippen molar-refractivity contribution in [1.29, 1.82) is 0 Å². The first kappa shape index (κ1) is 22.3. The van der Waals surface area contributed by atoms with Gasteiger partial charge in [0.15, 0.2) is 6.23 Å². The van der Waals surface area contributed by atoms with Crippen LogP contribution in [0, 0.1) is 0 Å². The van der Waals surface area contributed by atoms with E-state index in [2.05, 4.69) is 25.8 Å². The fourth-order valence-electron chi connectivity index (χ4n) is 3.14. The lowest BCUT2D eigenvalue weighted by molar-refractivity contribution is 0.0954. The van der Waals surface area contributed by atoms with E-state index in [-0.39, 0.29) is 11.4 Å². The second kappa shape index (κ2) is 10.2. The van der Waals surface area contributed by atoms with Gasteiger partial charge < -0.3 is 15.5 Å². The molecule has 2 aromatic carbocycles. The minimum absolute atomic E-state index is 0.0230. The highest BCUT2D eigenvalue weighted by Gasteiger charge is 2.28. The number of nitrogens with zero attached hydrogens (tertiary/aromatic N) is 3. The van der Waals surface area contributed by atoms with Crippen molar-refractivity contribution >= 4 is 46.4 Å². The predicted molar refractivity (Wildman–Crippen MR) is 129 cm³/mol. The van der Waals surface area contributed by atoms with Gasteiger partial charge in [-0.05, 0) is 42.0 Å². The van der Waals surface area contributed by atoms with Crippen LogP contribution in [0.25, 0.3) is 6.08 Å². The summed E-state index contributed by atoms with van der Waals surface area (Å²) in [7, 11) is 0. The molecule has 4 N–H and O–H groups in total. The maximum absolute atomic E-state index is 12.5. The topological polar surface area (TPSA) is 119 Å². The molecule has 3 aromatic rings. The number of aliphatic hydroxyl groups excluding tert-OH is 2. The highest BCUT2D eigenvalue weighted by atomic mass is 35.5. The van der Waals surface area contributed by atoms with Crippen LogP contribution in [0.2, 0.25) is 5.02 Å². The van der Waals surface area contributed by atoms with Crippen molar-refractivity contribution in [2.75, 3.05) is 5.32 Å². The lowest BCUT2D eigenvalue weighted by Crippen LogP contribution is -2.42. The molecule has 2 unspecified atom stereocenters. The molecule has 8 nitrogen and oxygen atoms in total. The Bertz CT molecular complexity index is 1230. The number of aliphatic hydroxyl groups is 2. The molecule has 9 heteroatoms. The predicted octanol–water partition coefficient (Wildman–Crippen LogP) is 3.41. The number of hydrazone groups is 1. The van der Waals surface area contributed by atoms with E-state index in [9.17, 15) is 15.0 Å². The van der Waals surface area contributed by atoms with E-state index in [1.54, 1.807) is 24.3 Å². The monoisotopic (exact) mass is 461 g/mol. The summed E-state index contributed by atoms with van der Waals surface area (Å²) in [4.78, 5) is 20.8. The Morgan fingerprint density at radius 1 is 1.15 bits per heavy atom. The average molecular weight is 462 g/mol. The summed E-state index contributed by atoms with van der Waals surface area (Å²) in [5.74, 6) is -0.500. The fraction of sp³-hybridized carbons (Fsp3) is 0.0833. The van der Waals surface area contributed by atoms with Gasteiger partial charge in [0.1, 0.15) is 17.5 Å². The molecule has 166 valence electrons. The van der Waals surface area contributed by atoms with E-state index in [1.807, 2.05) is 30.3 Å². The van der Waals surface area contributed by atoms with Gasteiger partial charge in [0.05, 0.1) is 11.4 Å². The third-order valence-corrected chi connectivity index (χ3v) is 5.02. The first-order valence-corrected chi connectivity index (χ1v) is 10.4. The normalized spacial score (nSPS) is 16.5. The molecule has 1 amide bonds. The number of carbonyl (C=O) groups is 1. The molecule has 1 aromatic heterocycles. The van der Waals surface area contributed by atoms with Crippen LogP contribution in [0.15, 0.2) is 89.2 Å². The van der Waals surface area contributed by atoms with Crippen LogP contribution < -0.4 is 10.7 Å². The number of hydrogen-bond donors (Lipinski definition) is 4. The quantitative estimate of drug-likeness (QED) is 0.331. The molecular weight excluding hydrogens is 442 g/mol. The van der Waals surface area contributed by atoms with Gasteiger partial charge in [0.2, 0.25) is 0 Å². The molecule has 0 bridgehead atoms. The van der Waals surface area contributed by atoms with Crippen LogP contribution in [0.5, 0.6) is 0 Å². The summed E-state index contributed by atoms with van der Waals surface area (Å²) in [5.41, 5.74) is 4.70. The Hall–Kier alpha value is -3.85. The van der Waals surface area contributed by atoms with Crippen molar-refractivity contribution in [3.05, 3.63) is 95.3 Å². The van der Waals surface area contributed by atoms with Crippen LogP contribution in [-0.2, 0) is 0 Å². The number of nitrogens with one attached hydrogen (secondary N) is 2. The van der Waals surface area contributed by atoms with Gasteiger partial charge in [0, 0.05) is 23.0 Å². The van der Waals surface area contributed by atoms with Crippen LogP contribution in [-0.4, -0.2) is 44.9 Å². The summed E-state index contributed by atoms with van der Waals surface area (Å²) < 4.78 is 0. The molecule has 0 fully saturated rings. The number of aromatic nitrogens is 1. The Kier molecular flexibility index (Phi) is 6.89. The molecule has 1 aliphatic rings. The molecule has 0 spiro atoms. The molecule has 2 atom stereocenters. The lowest BCUT2D eigenvalue weighted by Gasteiger charge is -2.25. The third kappa shape index (κ3) is 5.50. The molecule has 2 heterocycles. The van der Waals surface area contributed by atoms with Crippen LogP contribution in [0.3, 0.4) is 0 Å². The molecule has 0 aliphatic carbocycles. The standard InChI is InChI=1S/C24H20ClN5O3/c25-17-7-8-18-19(14-17)28-24(33)22(27-18)21(20(31)9-6-15-4-2-1-3-5-15)29-30-23(32)16-10-12-26-13-11-16/h1-14,20,24,28,31,33H,(H,30,32)/b9-6+,29-21+. The molecule has 1 aliphatic heterocycles. The summed E-state index contributed by atoms with van der Waals surface area (Å²) in [6, 6.07) is 17.4. The number of fused-ring (bicyclic) bond motifs is 1. The number of amides is 1. The molecule has 4 rings (SSSR count). The highest BCUT2D eigenvalue weighted by Crippen LogP contribution is 2.32. The van der Waals surface area contributed by atoms with Gasteiger partial charge >= 0.3 is 0 Å². The van der Waals surface area contributed by atoms with Crippen molar-refractivity contribution in [2.45, 2.75) is 12.3 Å². The molecule has 33 heavy (non-hydrogen) atoms. The summed E-state index contributed by atoms with van der Waals surface area (Å²) in [6.45, 7) is 0. The van der Waals surface area contributed by atoms with Crippen molar-refractivity contribution in [2.24, 2.45) is 10.1 Å². The zero-order chi connectivity index (χ0) is 23.2. The Balaban J connectivity index is 1.68. The average Bonchev–Trinajstić information content (AvgIpc) is 2.84. The molecule has 0 saturated carbocycles. The van der Waals surface area contributed by atoms with Gasteiger partial charge in [-0.25, -0.2) is 10.4 Å². The minimum atomic E-state index is -1.28. The Morgan fingerprint density at radius 3 is 2.67 bits per heavy atom. The second-order valence-corrected chi connectivity index (χ2v) is 7.53. The maximum atomic E-state index is 12.5. The molecular formula is C24H20ClN5O3. The number of hydrogen-bond acceptors (Lipinski definition) is 7. The Morgan fingerprint density at radius 2 is 1.91 bits per heavy atom. The summed E-state index contributed by atoms with van der Waals surface area (Å²) in [5, 5.41) is 29.0. The summed E-state index contributed by atoms with van der Waals surface area (Å²) in [6.07, 6.45) is 3.62. The lowest BCUT2D eigenvalue weighted by atomic mass is 10.0. The fourth-order valence-corrected chi connectivity index (χ4v) is 3.31. The van der Waals surface area contributed by atoms with E-state index >= 15 is 0 Å². The zero-order valence-corrected chi connectivity index (χ0v) is 18.0. The number of benzene rings is 2. The van der Waals surface area contributed by atoms with E-state index in [0.717, 1.165) is 5.56 Å². The van der Waals surface area contributed by atoms with Crippen LogP contribution >= 0.6 is 11.6 Å². The van der Waals surface area contributed by atoms with Crippen molar-refractivity contribution in [3.63, 3.8) is 0 Å². The number of carbonyl (C=O) groups excluding carboxylic acids is 1. The van der Waals surface area contributed by atoms with Crippen molar-refractivity contribution < 1.29 is 15.0 Å². The van der Waals surface area contributed by atoms with Gasteiger partial charge in [-0.2, -0.15) is 5.10 Å². The van der Waals surface area contributed by atoms with Gasteiger partial charge in [-0.1, -0.05) is 48.0 Å². The van der Waals surface area contributed by atoms with Gasteiger partial charge in [-0.3, -0.25) is 9.78 Å². The largest absolute Gasteiger partial charge is 0.383 e. The number of pyridine rings is 1. The van der Waals surface area contributed by atoms with Gasteiger partial charge in [0.25, 0.3) is 5.91 Å². The van der Waals surface area contributed by atoms with Crippen LogP contribution in [0.1, 0.15) is 15.9 Å². The van der Waals surface area contributed by atoms with E-state index in [0.29, 0.717) is 22.0 Å². The minimum Gasteiger partial charge on any atom is -0.383 e. The second-order valence-electron chi connectivity index (χ2n) is 7.09. The van der Waals surface area contributed by atoms with Crippen LogP contribution in [0.4, 0.5) is 11.4 Å². The number of rotatable bonds is 6. The first-order valence-electron chi connectivity index (χ1n) is 10.0. The maximum Gasteiger partial charge on any atom is 0.271 e. The SMILES string of the molecule is O=C(N/N=C(/C1=Nc2ccc(Cl)cc2NC1O)C(O)/C=C/c1ccccc1)c1ccncc1. The molecule has 0 saturated heterocycles. The van der Waals surface area contributed by atoms with Crippen molar-refractivity contribution in [3.8, 4) is 0 Å². The zero-order valence-electron chi connectivity index (χ0n) is 17.3. The smallest absolute Gasteiger partial charge is 0.271 e. The molecule has 0 radical (unpaired) electrons. The van der Waals surface area contributed by atoms with E-state index < -0.39 is 18.2 Å². The first-order chi connectivity index (χ1) is 16.0. The Labute approximate surface area is 195 Å². The van der Waals surface area contributed by atoms with E-state index in [1.165, 1.54) is 30.6 Å². The summed E-state index contributed by atoms with van der Waals surface area (Å²) >= 11 is 6.02. The highest BCUT2D eigenvalue weighted by molar-refractivity contribution is 6.47. The van der Waals surface area contributed by atoms with E-state index in [4.69, 9.17) is 11.6 Å². The number of halogens is 1. The van der Waals surface area contributed by atoms with Crippen molar-refractivity contribution in [1.82, 2.24) is 10.4 Å². The van der Waals surface area contributed by atoms with Gasteiger partial charge in [-0.15, -0.1) is 0 Å². The third-order valence-electron chi connectivity index (χ3n) is 4.78.